The summed E-state index contributed by atoms with van der Waals surface area (Å²) in [6.07, 6.45) is 1.78. The van der Waals surface area contributed by atoms with Gasteiger partial charge in [-0.2, -0.15) is 0 Å². The number of nitrogens with zero attached hydrogens (tertiary/aromatic N) is 1. The Hall–Kier alpha value is -2.61. The third-order valence-corrected chi connectivity index (χ3v) is 4.00. The van der Waals surface area contributed by atoms with Crippen molar-refractivity contribution < 1.29 is 5.79 Å². The lowest BCUT2D eigenvalue weighted by atomic mass is 9.94. The molecule has 0 aliphatic rings. The van der Waals surface area contributed by atoms with E-state index in [1.54, 1.807) is 6.20 Å². The molecule has 0 aliphatic heterocycles. The fraction of sp³-hybridized carbons (Fsp3) is 0.150. The number of furan rings is 1. The highest BCUT2D eigenvalue weighted by Crippen LogP contribution is 2.38. The maximum Gasteiger partial charge on any atom is 0.136 e. The number of para-hydroxylation sites is 1. The second-order valence-corrected chi connectivity index (χ2v) is 5.68. The molecule has 0 unspecified atom stereocenters. The van der Waals surface area contributed by atoms with E-state index in [1.807, 2.05) is 56.3 Å². The summed E-state index contributed by atoms with van der Waals surface area (Å²) >= 11 is 0. The van der Waals surface area contributed by atoms with E-state index in [4.69, 9.17) is 5.79 Å². The lowest BCUT2D eigenvalue weighted by molar-refractivity contribution is 0.669. The summed E-state index contributed by atoms with van der Waals surface area (Å²) in [5, 5.41) is 2.14. The molecule has 0 fully saturated rings. The Morgan fingerprint density at radius 2 is 1.77 bits per heavy atom. The summed E-state index contributed by atoms with van der Waals surface area (Å²) in [5.74, 6) is -0.717. The second-order valence-electron chi connectivity index (χ2n) is 5.68. The molecule has 0 bridgehead atoms. The molecule has 0 saturated heterocycles. The van der Waals surface area contributed by atoms with Crippen molar-refractivity contribution in [2.75, 3.05) is 0 Å². The van der Waals surface area contributed by atoms with Crippen LogP contribution in [0.25, 0.3) is 33.2 Å². The van der Waals surface area contributed by atoms with Crippen molar-refractivity contribution >= 4 is 21.9 Å². The molecule has 4 rings (SSSR count). The van der Waals surface area contributed by atoms with Gasteiger partial charge in [0.2, 0.25) is 0 Å². The Balaban J connectivity index is 2.12. The summed E-state index contributed by atoms with van der Waals surface area (Å²) in [6.45, 7) is 3.78. The highest BCUT2D eigenvalue weighted by Gasteiger charge is 2.16. The number of hydrogen-bond acceptors (Lipinski definition) is 2. The average molecular weight is 288 g/mol. The smallest absolute Gasteiger partial charge is 0.136 e. The van der Waals surface area contributed by atoms with Gasteiger partial charge in [-0.3, -0.25) is 4.98 Å². The van der Waals surface area contributed by atoms with Gasteiger partial charge in [0.05, 0.1) is 5.69 Å². The molecule has 2 aromatic carbocycles. The standard InChI is InChI=1S/C20H17NO/c1-13(2)14-9-6-12-21-20(14)16-8-5-11-18-19(16)15-7-3-4-10-17(15)22-18/h3-13H,1-2H3/i13D. The van der Waals surface area contributed by atoms with E-state index >= 15 is 0 Å². The number of pyridine rings is 1. The van der Waals surface area contributed by atoms with Crippen LogP contribution in [-0.4, -0.2) is 4.98 Å². The van der Waals surface area contributed by atoms with Crippen LogP contribution < -0.4 is 0 Å². The first-order chi connectivity index (χ1) is 11.1. The van der Waals surface area contributed by atoms with Crippen LogP contribution in [0.15, 0.2) is 65.2 Å². The summed E-state index contributed by atoms with van der Waals surface area (Å²) in [6, 6.07) is 17.9. The van der Waals surface area contributed by atoms with E-state index in [1.165, 1.54) is 0 Å². The van der Waals surface area contributed by atoms with Crippen molar-refractivity contribution in [3.63, 3.8) is 0 Å². The fourth-order valence-corrected chi connectivity index (χ4v) is 3.00. The predicted octanol–water partition coefficient (Wildman–Crippen LogP) is 5.77. The van der Waals surface area contributed by atoms with Gasteiger partial charge >= 0.3 is 0 Å². The molecule has 22 heavy (non-hydrogen) atoms. The summed E-state index contributed by atoms with van der Waals surface area (Å²) < 4.78 is 14.4. The van der Waals surface area contributed by atoms with Crippen LogP contribution in [0.3, 0.4) is 0 Å². The zero-order chi connectivity index (χ0) is 16.0. The lowest BCUT2D eigenvalue weighted by Gasteiger charge is -2.12. The number of aromatic nitrogens is 1. The van der Waals surface area contributed by atoms with E-state index in [0.717, 1.165) is 38.8 Å². The third-order valence-electron chi connectivity index (χ3n) is 4.00. The molecule has 2 nitrogen and oxygen atoms in total. The highest BCUT2D eigenvalue weighted by atomic mass is 16.3. The van der Waals surface area contributed by atoms with Gasteiger partial charge < -0.3 is 4.42 Å². The molecule has 108 valence electrons. The van der Waals surface area contributed by atoms with E-state index in [9.17, 15) is 0 Å². The van der Waals surface area contributed by atoms with Gasteiger partial charge in [0.1, 0.15) is 11.2 Å². The highest BCUT2D eigenvalue weighted by molar-refractivity contribution is 6.12. The van der Waals surface area contributed by atoms with Gasteiger partial charge in [-0.15, -0.1) is 0 Å². The van der Waals surface area contributed by atoms with Crippen LogP contribution in [0, 0.1) is 0 Å². The van der Waals surface area contributed by atoms with Gasteiger partial charge in [-0.05, 0) is 29.7 Å². The first kappa shape index (κ1) is 12.0. The molecule has 0 amide bonds. The number of benzene rings is 2. The van der Waals surface area contributed by atoms with Gasteiger partial charge in [-0.1, -0.05) is 50.2 Å². The van der Waals surface area contributed by atoms with Crippen molar-refractivity contribution in [2.24, 2.45) is 0 Å². The largest absolute Gasteiger partial charge is 0.456 e. The SMILES string of the molecule is [2H]C(C)(C)c1cccnc1-c1cccc2oc3ccccc3c12. The lowest BCUT2D eigenvalue weighted by Crippen LogP contribution is -1.95. The van der Waals surface area contributed by atoms with Crippen molar-refractivity contribution in [2.45, 2.75) is 19.7 Å². The van der Waals surface area contributed by atoms with Crippen molar-refractivity contribution in [3.8, 4) is 11.3 Å². The minimum absolute atomic E-state index is 0.717. The summed E-state index contributed by atoms with van der Waals surface area (Å²) in [5.41, 5.74) is 4.51. The zero-order valence-corrected chi connectivity index (χ0v) is 12.6. The molecule has 0 N–H and O–H groups in total. The topological polar surface area (TPSA) is 26.0 Å². The Morgan fingerprint density at radius 1 is 0.955 bits per heavy atom. The van der Waals surface area contributed by atoms with Gasteiger partial charge in [0.25, 0.3) is 0 Å². The average Bonchev–Trinajstić information content (AvgIpc) is 2.92. The van der Waals surface area contributed by atoms with Gasteiger partial charge in [-0.25, -0.2) is 0 Å². The van der Waals surface area contributed by atoms with E-state index in [0.29, 0.717) is 0 Å². The molecule has 0 atom stereocenters. The quantitative estimate of drug-likeness (QED) is 0.468. The van der Waals surface area contributed by atoms with Crippen LogP contribution in [0.1, 0.15) is 26.7 Å². The second kappa shape index (κ2) is 4.99. The Labute approximate surface area is 130 Å². The fourth-order valence-electron chi connectivity index (χ4n) is 3.00. The number of hydrogen-bond donors (Lipinski definition) is 0. The first-order valence-electron chi connectivity index (χ1n) is 7.92. The Bertz CT molecular complexity index is 1010. The molecule has 0 saturated carbocycles. The first-order valence-corrected chi connectivity index (χ1v) is 7.42. The number of rotatable bonds is 2. The van der Waals surface area contributed by atoms with Gasteiger partial charge in [0.15, 0.2) is 0 Å². The minimum Gasteiger partial charge on any atom is -0.456 e. The Kier molecular flexibility index (Phi) is 2.72. The van der Waals surface area contributed by atoms with Crippen molar-refractivity contribution in [1.29, 1.82) is 0 Å². The zero-order valence-electron chi connectivity index (χ0n) is 13.6. The van der Waals surface area contributed by atoms with Crippen LogP contribution in [0.4, 0.5) is 0 Å². The molecule has 2 heterocycles. The third kappa shape index (κ3) is 1.92. The van der Waals surface area contributed by atoms with E-state index < -0.39 is 5.89 Å². The summed E-state index contributed by atoms with van der Waals surface area (Å²) in [7, 11) is 0. The molecule has 4 aromatic rings. The normalized spacial score (nSPS) is 12.7. The van der Waals surface area contributed by atoms with Crippen LogP contribution >= 0.6 is 0 Å². The van der Waals surface area contributed by atoms with Gasteiger partial charge in [0, 0.05) is 23.9 Å². The maximum atomic E-state index is 8.43. The predicted molar refractivity (Wildman–Crippen MR) is 91.0 cm³/mol. The summed E-state index contributed by atoms with van der Waals surface area (Å²) in [4.78, 5) is 4.59. The molecule has 0 aliphatic carbocycles. The van der Waals surface area contributed by atoms with Crippen molar-refractivity contribution in [1.82, 2.24) is 4.98 Å². The molecule has 2 aromatic heterocycles. The Morgan fingerprint density at radius 3 is 2.64 bits per heavy atom. The number of fused-ring (bicyclic) bond motifs is 3. The van der Waals surface area contributed by atoms with E-state index in [2.05, 4.69) is 17.1 Å². The monoisotopic (exact) mass is 288 g/mol. The van der Waals surface area contributed by atoms with Crippen LogP contribution in [0.2, 0.25) is 0 Å². The maximum absolute atomic E-state index is 8.43. The molecular weight excluding hydrogens is 270 g/mol. The van der Waals surface area contributed by atoms with Crippen LogP contribution in [0.5, 0.6) is 0 Å². The van der Waals surface area contributed by atoms with Crippen LogP contribution in [-0.2, 0) is 0 Å². The van der Waals surface area contributed by atoms with E-state index in [-0.39, 0.29) is 0 Å². The molecular formula is C20H17NO. The molecule has 0 spiro atoms. The van der Waals surface area contributed by atoms with Crippen molar-refractivity contribution in [3.05, 3.63) is 66.4 Å². The molecule has 2 heteroatoms. The molecule has 0 radical (unpaired) electrons. The minimum atomic E-state index is -0.717.